The number of nitrogens with zero attached hydrogens (tertiary/aromatic N) is 1. The van der Waals surface area contributed by atoms with Gasteiger partial charge in [0.2, 0.25) is 0 Å². The quantitative estimate of drug-likeness (QED) is 0.746. The van der Waals surface area contributed by atoms with Crippen LogP contribution in [0.5, 0.6) is 5.75 Å². The number of aromatic nitrogens is 1. The van der Waals surface area contributed by atoms with Crippen molar-refractivity contribution in [3.63, 3.8) is 0 Å². The number of anilines is 1. The molecule has 1 atom stereocenters. The van der Waals surface area contributed by atoms with Crippen LogP contribution in [0.25, 0.3) is 10.6 Å². The lowest BCUT2D eigenvalue weighted by atomic mass is 10.1. The third-order valence-electron chi connectivity index (χ3n) is 3.49. The van der Waals surface area contributed by atoms with Crippen molar-refractivity contribution < 1.29 is 14.6 Å². The van der Waals surface area contributed by atoms with Crippen LogP contribution in [0.3, 0.4) is 0 Å². The average Bonchev–Trinajstić information content (AvgIpc) is 3.16. The van der Waals surface area contributed by atoms with Gasteiger partial charge < -0.3 is 15.2 Å². The second-order valence-corrected chi connectivity index (χ2v) is 5.98. The molecule has 0 saturated carbocycles. The molecule has 0 spiro atoms. The summed E-state index contributed by atoms with van der Waals surface area (Å²) < 4.78 is 5.10. The summed E-state index contributed by atoms with van der Waals surface area (Å²) in [6.07, 6.45) is 0.485. The number of carbonyl (C=O) groups is 1. The van der Waals surface area contributed by atoms with Crippen LogP contribution < -0.4 is 10.1 Å². The molecule has 0 aliphatic rings. The highest BCUT2D eigenvalue weighted by Crippen LogP contribution is 2.24. The van der Waals surface area contributed by atoms with Gasteiger partial charge in [0.1, 0.15) is 10.8 Å². The number of aliphatic hydroxyl groups is 1. The Morgan fingerprint density at radius 1 is 1.25 bits per heavy atom. The summed E-state index contributed by atoms with van der Waals surface area (Å²) in [6.45, 7) is 0. The number of nitrogens with one attached hydrogen (secondary N) is 1. The van der Waals surface area contributed by atoms with Crippen molar-refractivity contribution in [1.29, 1.82) is 0 Å². The first kappa shape index (κ1) is 16.2. The number of carbonyl (C=O) groups excluding carboxylic acids is 1. The van der Waals surface area contributed by atoms with Crippen molar-refractivity contribution in [2.45, 2.75) is 6.10 Å². The van der Waals surface area contributed by atoms with E-state index in [-0.39, 0.29) is 0 Å². The number of methoxy groups -OCH3 is 1. The second kappa shape index (κ2) is 7.25. The summed E-state index contributed by atoms with van der Waals surface area (Å²) in [4.78, 5) is 16.5. The highest BCUT2D eigenvalue weighted by molar-refractivity contribution is 7.13. The molecule has 5 nitrogen and oxygen atoms in total. The van der Waals surface area contributed by atoms with Crippen LogP contribution >= 0.6 is 11.3 Å². The van der Waals surface area contributed by atoms with Crippen LogP contribution in [0, 0.1) is 0 Å². The monoisotopic (exact) mass is 340 g/mol. The van der Waals surface area contributed by atoms with Gasteiger partial charge in [-0.2, -0.15) is 0 Å². The molecule has 2 N–H and O–H groups in total. The molecule has 2 aromatic carbocycles. The predicted octanol–water partition coefficient (Wildman–Crippen LogP) is 3.49. The minimum absolute atomic E-state index is 0.478. The zero-order chi connectivity index (χ0) is 16.9. The third-order valence-corrected chi connectivity index (χ3v) is 4.31. The van der Waals surface area contributed by atoms with Gasteiger partial charge in [0.25, 0.3) is 5.91 Å². The Balaban J connectivity index is 1.69. The molecule has 0 radical (unpaired) electrons. The van der Waals surface area contributed by atoms with Crippen LogP contribution in [-0.2, 0) is 4.79 Å². The molecule has 6 heteroatoms. The molecule has 0 aliphatic carbocycles. The topological polar surface area (TPSA) is 71.5 Å². The lowest BCUT2D eigenvalue weighted by Crippen LogP contribution is -2.20. The van der Waals surface area contributed by atoms with Crippen molar-refractivity contribution in [2.75, 3.05) is 12.4 Å². The lowest BCUT2D eigenvalue weighted by Gasteiger charge is -2.13. The molecule has 1 amide bonds. The molecule has 1 unspecified atom stereocenters. The summed E-state index contributed by atoms with van der Waals surface area (Å²) in [5.41, 5.74) is 2.07. The van der Waals surface area contributed by atoms with Gasteiger partial charge in [0.15, 0.2) is 6.10 Å². The summed E-state index contributed by atoms with van der Waals surface area (Å²) in [5, 5.41) is 15.7. The summed E-state index contributed by atoms with van der Waals surface area (Å²) in [5.74, 6) is 0.0948. The molecule has 0 fully saturated rings. The zero-order valence-electron chi connectivity index (χ0n) is 13.0. The number of amides is 1. The Morgan fingerprint density at radius 3 is 2.71 bits per heavy atom. The maximum absolute atomic E-state index is 12.2. The van der Waals surface area contributed by atoms with E-state index in [0.29, 0.717) is 17.0 Å². The fourth-order valence-corrected chi connectivity index (χ4v) is 2.88. The van der Waals surface area contributed by atoms with Crippen LogP contribution in [-0.4, -0.2) is 23.1 Å². The van der Waals surface area contributed by atoms with Gasteiger partial charge in [-0.25, -0.2) is 4.98 Å². The molecule has 24 heavy (non-hydrogen) atoms. The minimum Gasteiger partial charge on any atom is -0.497 e. The van der Waals surface area contributed by atoms with E-state index in [9.17, 15) is 9.90 Å². The number of hydrogen-bond acceptors (Lipinski definition) is 5. The molecular formula is C18H16N2O3S. The first-order chi connectivity index (χ1) is 11.7. The van der Waals surface area contributed by atoms with E-state index < -0.39 is 12.0 Å². The molecule has 0 aliphatic heterocycles. The second-order valence-electron chi connectivity index (χ2n) is 5.08. The van der Waals surface area contributed by atoms with Gasteiger partial charge in [-0.05, 0) is 42.0 Å². The molecule has 1 heterocycles. The van der Waals surface area contributed by atoms with E-state index >= 15 is 0 Å². The Hall–Kier alpha value is -2.70. The van der Waals surface area contributed by atoms with Crippen molar-refractivity contribution in [3.05, 3.63) is 65.7 Å². The van der Waals surface area contributed by atoms with E-state index in [4.69, 9.17) is 4.74 Å². The first-order valence-corrected chi connectivity index (χ1v) is 8.18. The summed E-state index contributed by atoms with van der Waals surface area (Å²) in [7, 11) is 1.54. The third kappa shape index (κ3) is 3.61. The number of rotatable bonds is 5. The van der Waals surface area contributed by atoms with E-state index in [1.165, 1.54) is 7.11 Å². The zero-order valence-corrected chi connectivity index (χ0v) is 13.8. The lowest BCUT2D eigenvalue weighted by molar-refractivity contribution is -0.124. The number of aliphatic hydroxyl groups excluding tert-OH is 1. The van der Waals surface area contributed by atoms with Gasteiger partial charge in [0.05, 0.1) is 7.11 Å². The van der Waals surface area contributed by atoms with E-state index in [1.807, 2.05) is 17.5 Å². The van der Waals surface area contributed by atoms with Crippen molar-refractivity contribution in [3.8, 4) is 16.3 Å². The normalized spacial score (nSPS) is 11.8. The van der Waals surface area contributed by atoms with Crippen molar-refractivity contribution in [2.24, 2.45) is 0 Å². The number of benzene rings is 2. The SMILES string of the molecule is COc1cccc(C(O)C(=O)Nc2ccc(-c3nccs3)cc2)c1. The van der Waals surface area contributed by atoms with Gasteiger partial charge in [0, 0.05) is 22.8 Å². The van der Waals surface area contributed by atoms with Gasteiger partial charge in [-0.3, -0.25) is 4.79 Å². The number of thiazole rings is 1. The van der Waals surface area contributed by atoms with Crippen molar-refractivity contribution >= 4 is 22.9 Å². The Morgan fingerprint density at radius 2 is 2.04 bits per heavy atom. The van der Waals surface area contributed by atoms with Gasteiger partial charge >= 0.3 is 0 Å². The largest absolute Gasteiger partial charge is 0.497 e. The molecule has 122 valence electrons. The number of hydrogen-bond donors (Lipinski definition) is 2. The summed E-state index contributed by atoms with van der Waals surface area (Å²) in [6, 6.07) is 14.1. The fraction of sp³-hybridized carbons (Fsp3) is 0.111. The molecule has 3 rings (SSSR count). The molecule has 0 saturated heterocycles. The van der Waals surface area contributed by atoms with Crippen molar-refractivity contribution in [1.82, 2.24) is 4.98 Å². The van der Waals surface area contributed by atoms with E-state index in [0.717, 1.165) is 10.6 Å². The molecule has 3 aromatic rings. The van der Waals surface area contributed by atoms with Crippen LogP contribution in [0.1, 0.15) is 11.7 Å². The molecular weight excluding hydrogens is 324 g/mol. The highest BCUT2D eigenvalue weighted by Gasteiger charge is 2.18. The standard InChI is InChI=1S/C18H16N2O3S/c1-23-15-4-2-3-13(11-15)16(21)17(22)20-14-7-5-12(6-8-14)18-19-9-10-24-18/h2-11,16,21H,1H3,(H,20,22). The summed E-state index contributed by atoms with van der Waals surface area (Å²) >= 11 is 1.55. The van der Waals surface area contributed by atoms with E-state index in [1.54, 1.807) is 53.9 Å². The highest BCUT2D eigenvalue weighted by atomic mass is 32.1. The van der Waals surface area contributed by atoms with Gasteiger partial charge in [-0.15, -0.1) is 11.3 Å². The van der Waals surface area contributed by atoms with E-state index in [2.05, 4.69) is 10.3 Å². The average molecular weight is 340 g/mol. The van der Waals surface area contributed by atoms with Crippen LogP contribution in [0.15, 0.2) is 60.1 Å². The Kier molecular flexibility index (Phi) is 4.88. The van der Waals surface area contributed by atoms with Crippen LogP contribution in [0.2, 0.25) is 0 Å². The Labute approximate surface area is 143 Å². The smallest absolute Gasteiger partial charge is 0.257 e. The van der Waals surface area contributed by atoms with Gasteiger partial charge in [-0.1, -0.05) is 12.1 Å². The number of ether oxygens (including phenoxy) is 1. The minimum atomic E-state index is -1.27. The predicted molar refractivity (Wildman–Crippen MR) is 94.1 cm³/mol. The van der Waals surface area contributed by atoms with Crippen LogP contribution in [0.4, 0.5) is 5.69 Å². The molecule has 0 bridgehead atoms. The Bertz CT molecular complexity index is 817. The fourth-order valence-electron chi connectivity index (χ4n) is 2.24. The first-order valence-electron chi connectivity index (χ1n) is 7.30. The maximum Gasteiger partial charge on any atom is 0.257 e. The molecule has 1 aromatic heterocycles. The maximum atomic E-state index is 12.2.